The minimum absolute atomic E-state index is 0.0987. The fourth-order valence-electron chi connectivity index (χ4n) is 2.61. The molecule has 4 heteroatoms. The molecule has 1 aliphatic rings. The van der Waals surface area contributed by atoms with E-state index in [0.29, 0.717) is 18.8 Å². The van der Waals surface area contributed by atoms with Gasteiger partial charge in [-0.2, -0.15) is 0 Å². The Kier molecular flexibility index (Phi) is 3.97. The van der Waals surface area contributed by atoms with Gasteiger partial charge < -0.3 is 11.1 Å². The fourth-order valence-corrected chi connectivity index (χ4v) is 2.61. The first-order chi connectivity index (χ1) is 8.65. The van der Waals surface area contributed by atoms with E-state index in [1.165, 1.54) is 12.8 Å². The van der Waals surface area contributed by atoms with Crippen LogP contribution in [-0.2, 0) is 0 Å². The predicted octanol–water partition coefficient (Wildman–Crippen LogP) is 1.64. The van der Waals surface area contributed by atoms with Crippen molar-refractivity contribution in [1.29, 1.82) is 0 Å². The Morgan fingerprint density at radius 3 is 2.78 bits per heavy atom. The summed E-state index contributed by atoms with van der Waals surface area (Å²) in [5.74, 6) is -0.0987. The van der Waals surface area contributed by atoms with Crippen molar-refractivity contribution in [3.63, 3.8) is 0 Å². The quantitative estimate of drug-likeness (QED) is 0.850. The molecule has 1 saturated carbocycles. The summed E-state index contributed by atoms with van der Waals surface area (Å²) in [4.78, 5) is 16.2. The van der Waals surface area contributed by atoms with E-state index in [1.54, 1.807) is 6.07 Å². The Bertz CT molecular complexity index is 425. The zero-order valence-corrected chi connectivity index (χ0v) is 10.9. The van der Waals surface area contributed by atoms with E-state index in [-0.39, 0.29) is 11.3 Å². The van der Waals surface area contributed by atoms with Gasteiger partial charge in [-0.1, -0.05) is 18.9 Å². The molecule has 1 amide bonds. The highest BCUT2D eigenvalue weighted by Crippen LogP contribution is 2.36. The van der Waals surface area contributed by atoms with Crippen LogP contribution >= 0.6 is 0 Å². The molecule has 1 aromatic rings. The number of nitrogens with zero attached hydrogens (tertiary/aromatic N) is 1. The number of amides is 1. The molecular formula is C14H21N3O. The van der Waals surface area contributed by atoms with Gasteiger partial charge >= 0.3 is 0 Å². The molecule has 1 aromatic heterocycles. The summed E-state index contributed by atoms with van der Waals surface area (Å²) in [5, 5.41) is 2.98. The number of hydrogen-bond acceptors (Lipinski definition) is 3. The van der Waals surface area contributed by atoms with Crippen LogP contribution in [0.4, 0.5) is 0 Å². The molecule has 0 spiro atoms. The number of aryl methyl sites for hydroxylation is 1. The summed E-state index contributed by atoms with van der Waals surface area (Å²) >= 11 is 0. The topological polar surface area (TPSA) is 68.0 Å². The molecule has 1 heterocycles. The van der Waals surface area contributed by atoms with Crippen molar-refractivity contribution in [2.75, 3.05) is 13.1 Å². The van der Waals surface area contributed by atoms with Crippen molar-refractivity contribution in [2.24, 2.45) is 11.1 Å². The largest absolute Gasteiger partial charge is 0.350 e. The number of rotatable bonds is 4. The van der Waals surface area contributed by atoms with Gasteiger partial charge in [-0.05, 0) is 43.9 Å². The molecular weight excluding hydrogens is 226 g/mol. The lowest BCUT2D eigenvalue weighted by molar-refractivity contribution is 0.0927. The standard InChI is InChI=1S/C14H21N3O/c1-11-5-4-6-12(17-11)13(18)16-10-14(9-15)7-2-3-8-14/h4-6H,2-3,7-10,15H2,1H3,(H,16,18). The second-order valence-corrected chi connectivity index (χ2v) is 5.26. The highest BCUT2D eigenvalue weighted by Gasteiger charge is 2.32. The third-order valence-electron chi connectivity index (χ3n) is 3.84. The average molecular weight is 247 g/mol. The first-order valence-corrected chi connectivity index (χ1v) is 6.57. The Morgan fingerprint density at radius 1 is 1.44 bits per heavy atom. The Balaban J connectivity index is 1.96. The predicted molar refractivity (Wildman–Crippen MR) is 71.3 cm³/mol. The van der Waals surface area contributed by atoms with Gasteiger partial charge in [0.15, 0.2) is 0 Å². The molecule has 1 aliphatic carbocycles. The molecule has 1 fully saturated rings. The van der Waals surface area contributed by atoms with E-state index in [9.17, 15) is 4.79 Å². The number of pyridine rings is 1. The van der Waals surface area contributed by atoms with E-state index in [4.69, 9.17) is 5.73 Å². The maximum Gasteiger partial charge on any atom is 0.269 e. The van der Waals surface area contributed by atoms with Crippen LogP contribution in [0.15, 0.2) is 18.2 Å². The highest BCUT2D eigenvalue weighted by molar-refractivity contribution is 5.92. The zero-order chi connectivity index (χ0) is 13.0. The van der Waals surface area contributed by atoms with E-state index in [1.807, 2.05) is 19.1 Å². The van der Waals surface area contributed by atoms with Crippen molar-refractivity contribution < 1.29 is 4.79 Å². The minimum atomic E-state index is -0.0987. The average Bonchev–Trinajstić information content (AvgIpc) is 2.85. The van der Waals surface area contributed by atoms with Gasteiger partial charge in [-0.15, -0.1) is 0 Å². The van der Waals surface area contributed by atoms with Crippen LogP contribution in [-0.4, -0.2) is 24.0 Å². The van der Waals surface area contributed by atoms with Crippen molar-refractivity contribution in [3.8, 4) is 0 Å². The number of carbonyl (C=O) groups excluding carboxylic acids is 1. The molecule has 0 unspecified atom stereocenters. The molecule has 98 valence electrons. The molecule has 0 aromatic carbocycles. The molecule has 0 saturated heterocycles. The van der Waals surface area contributed by atoms with Gasteiger partial charge in [0.2, 0.25) is 0 Å². The summed E-state index contributed by atoms with van der Waals surface area (Å²) in [6.07, 6.45) is 4.67. The summed E-state index contributed by atoms with van der Waals surface area (Å²) in [6, 6.07) is 5.48. The number of carbonyl (C=O) groups is 1. The van der Waals surface area contributed by atoms with Crippen molar-refractivity contribution >= 4 is 5.91 Å². The lowest BCUT2D eigenvalue weighted by atomic mass is 9.86. The molecule has 0 atom stereocenters. The molecule has 0 aliphatic heterocycles. The number of aromatic nitrogens is 1. The number of hydrogen-bond donors (Lipinski definition) is 2. The van der Waals surface area contributed by atoms with Crippen molar-refractivity contribution in [2.45, 2.75) is 32.6 Å². The summed E-state index contributed by atoms with van der Waals surface area (Å²) in [7, 11) is 0. The minimum Gasteiger partial charge on any atom is -0.350 e. The maximum absolute atomic E-state index is 12.0. The Hall–Kier alpha value is -1.42. The van der Waals surface area contributed by atoms with Crippen LogP contribution in [0.25, 0.3) is 0 Å². The molecule has 18 heavy (non-hydrogen) atoms. The zero-order valence-electron chi connectivity index (χ0n) is 10.9. The lowest BCUT2D eigenvalue weighted by Gasteiger charge is -2.27. The smallest absolute Gasteiger partial charge is 0.269 e. The SMILES string of the molecule is Cc1cccc(C(=O)NCC2(CN)CCCC2)n1. The molecule has 3 N–H and O–H groups in total. The second-order valence-electron chi connectivity index (χ2n) is 5.26. The Morgan fingerprint density at radius 2 is 2.17 bits per heavy atom. The Labute approximate surface area is 108 Å². The summed E-state index contributed by atoms with van der Waals surface area (Å²) < 4.78 is 0. The van der Waals surface area contributed by atoms with Gasteiger partial charge in [0.1, 0.15) is 5.69 Å². The van der Waals surface area contributed by atoms with Crippen LogP contribution in [0.3, 0.4) is 0 Å². The first-order valence-electron chi connectivity index (χ1n) is 6.57. The molecule has 0 bridgehead atoms. The van der Waals surface area contributed by atoms with E-state index >= 15 is 0 Å². The third-order valence-corrected chi connectivity index (χ3v) is 3.84. The van der Waals surface area contributed by atoms with Crippen LogP contribution in [0.5, 0.6) is 0 Å². The normalized spacial score (nSPS) is 17.7. The van der Waals surface area contributed by atoms with Crippen LogP contribution in [0, 0.1) is 12.3 Å². The van der Waals surface area contributed by atoms with E-state index in [0.717, 1.165) is 18.5 Å². The summed E-state index contributed by atoms with van der Waals surface area (Å²) in [6.45, 7) is 3.20. The highest BCUT2D eigenvalue weighted by atomic mass is 16.1. The molecule has 4 nitrogen and oxygen atoms in total. The lowest BCUT2D eigenvalue weighted by Crippen LogP contribution is -2.40. The monoisotopic (exact) mass is 247 g/mol. The van der Waals surface area contributed by atoms with Gasteiger partial charge in [0.05, 0.1) is 0 Å². The van der Waals surface area contributed by atoms with Crippen molar-refractivity contribution in [3.05, 3.63) is 29.6 Å². The van der Waals surface area contributed by atoms with Gasteiger partial charge in [0.25, 0.3) is 5.91 Å². The number of nitrogens with two attached hydrogens (primary N) is 1. The van der Waals surface area contributed by atoms with E-state index in [2.05, 4.69) is 10.3 Å². The first kappa shape index (κ1) is 13.0. The van der Waals surface area contributed by atoms with Gasteiger partial charge in [-0.3, -0.25) is 4.79 Å². The second kappa shape index (κ2) is 5.48. The van der Waals surface area contributed by atoms with E-state index < -0.39 is 0 Å². The van der Waals surface area contributed by atoms with Gasteiger partial charge in [-0.25, -0.2) is 4.98 Å². The van der Waals surface area contributed by atoms with Crippen LogP contribution in [0.2, 0.25) is 0 Å². The van der Waals surface area contributed by atoms with Crippen molar-refractivity contribution in [1.82, 2.24) is 10.3 Å². The number of nitrogens with one attached hydrogen (secondary N) is 1. The molecule has 2 rings (SSSR count). The van der Waals surface area contributed by atoms with Crippen LogP contribution < -0.4 is 11.1 Å². The fraction of sp³-hybridized carbons (Fsp3) is 0.571. The molecule has 0 radical (unpaired) electrons. The maximum atomic E-state index is 12.0. The van der Waals surface area contributed by atoms with Gasteiger partial charge in [0, 0.05) is 12.2 Å². The summed E-state index contributed by atoms with van der Waals surface area (Å²) in [5.41, 5.74) is 7.31. The third kappa shape index (κ3) is 2.88. The van der Waals surface area contributed by atoms with Crippen LogP contribution in [0.1, 0.15) is 41.9 Å².